The largest absolute Gasteiger partial charge is 0.493 e. The molecule has 0 aliphatic carbocycles. The molecule has 0 radical (unpaired) electrons. The van der Waals surface area contributed by atoms with E-state index in [9.17, 15) is 9.59 Å². The highest BCUT2D eigenvalue weighted by molar-refractivity contribution is 6.08. The second kappa shape index (κ2) is 13.6. The molecule has 10 nitrogen and oxygen atoms in total. The minimum absolute atomic E-state index is 0.104. The number of guanidine groups is 1. The SMILES string of the molecule is CCOC(=O)[C@@H]1C(=O)NC(N2CCN(C(c3ccccc3)c3ccccc3)CC2)=N[C@@H]1c1cc(OC)c(OC)c(OC)c1. The highest BCUT2D eigenvalue weighted by Gasteiger charge is 2.43. The predicted molar refractivity (Wildman–Crippen MR) is 162 cm³/mol. The van der Waals surface area contributed by atoms with Gasteiger partial charge in [-0.2, -0.15) is 0 Å². The first-order chi connectivity index (χ1) is 21.0. The first-order valence-electron chi connectivity index (χ1n) is 14.4. The Hall–Kier alpha value is -4.57. The smallest absolute Gasteiger partial charge is 0.321 e. The second-order valence-electron chi connectivity index (χ2n) is 10.3. The minimum Gasteiger partial charge on any atom is -0.493 e. The lowest BCUT2D eigenvalue weighted by molar-refractivity contribution is -0.153. The van der Waals surface area contributed by atoms with Crippen molar-refractivity contribution in [1.82, 2.24) is 15.1 Å². The van der Waals surface area contributed by atoms with Crippen molar-refractivity contribution in [2.24, 2.45) is 10.9 Å². The number of methoxy groups -OCH3 is 3. The van der Waals surface area contributed by atoms with Crippen LogP contribution in [0.5, 0.6) is 17.2 Å². The van der Waals surface area contributed by atoms with Crippen molar-refractivity contribution in [2.75, 3.05) is 54.1 Å². The zero-order chi connectivity index (χ0) is 30.3. The van der Waals surface area contributed by atoms with Crippen LogP contribution in [-0.2, 0) is 14.3 Å². The average molecular weight is 587 g/mol. The molecule has 226 valence electrons. The lowest BCUT2D eigenvalue weighted by Gasteiger charge is -2.42. The molecule has 2 atom stereocenters. The van der Waals surface area contributed by atoms with Crippen LogP contribution in [0.15, 0.2) is 77.8 Å². The Balaban J connectivity index is 1.44. The van der Waals surface area contributed by atoms with Crippen molar-refractivity contribution in [1.29, 1.82) is 0 Å². The average Bonchev–Trinajstić information content (AvgIpc) is 3.05. The van der Waals surface area contributed by atoms with E-state index in [1.165, 1.54) is 32.5 Å². The summed E-state index contributed by atoms with van der Waals surface area (Å²) in [5.74, 6) is -0.620. The molecule has 0 bridgehead atoms. The fraction of sp³-hybridized carbons (Fsp3) is 0.364. The van der Waals surface area contributed by atoms with E-state index in [-0.39, 0.29) is 12.6 Å². The Labute approximate surface area is 252 Å². The van der Waals surface area contributed by atoms with Crippen molar-refractivity contribution in [3.8, 4) is 17.2 Å². The molecular formula is C33H38N4O6. The van der Waals surface area contributed by atoms with Gasteiger partial charge in [-0.05, 0) is 35.7 Å². The van der Waals surface area contributed by atoms with E-state index in [1.54, 1.807) is 19.1 Å². The summed E-state index contributed by atoms with van der Waals surface area (Å²) in [6.45, 7) is 4.63. The number of esters is 1. The molecule has 0 spiro atoms. The molecule has 2 heterocycles. The van der Waals surface area contributed by atoms with Gasteiger partial charge < -0.3 is 23.8 Å². The number of ether oxygens (including phenoxy) is 4. The zero-order valence-corrected chi connectivity index (χ0v) is 25.0. The van der Waals surface area contributed by atoms with Gasteiger partial charge in [0.2, 0.25) is 17.6 Å². The summed E-state index contributed by atoms with van der Waals surface area (Å²) >= 11 is 0. The van der Waals surface area contributed by atoms with E-state index in [0.29, 0.717) is 41.9 Å². The van der Waals surface area contributed by atoms with Gasteiger partial charge in [-0.25, -0.2) is 4.99 Å². The van der Waals surface area contributed by atoms with Gasteiger partial charge in [-0.15, -0.1) is 0 Å². The molecule has 0 unspecified atom stereocenters. The van der Waals surface area contributed by atoms with E-state index in [4.69, 9.17) is 23.9 Å². The third-order valence-corrected chi connectivity index (χ3v) is 7.87. The first kappa shape index (κ1) is 29.9. The van der Waals surface area contributed by atoms with E-state index < -0.39 is 23.8 Å². The molecule has 3 aromatic rings. The first-order valence-corrected chi connectivity index (χ1v) is 14.4. The van der Waals surface area contributed by atoms with Crippen molar-refractivity contribution in [3.63, 3.8) is 0 Å². The molecule has 1 amide bonds. The van der Waals surface area contributed by atoms with Crippen molar-refractivity contribution >= 4 is 17.8 Å². The van der Waals surface area contributed by atoms with Crippen LogP contribution in [0.1, 0.15) is 35.7 Å². The van der Waals surface area contributed by atoms with Crippen LogP contribution in [0, 0.1) is 5.92 Å². The summed E-state index contributed by atoms with van der Waals surface area (Å²) in [7, 11) is 4.55. The summed E-state index contributed by atoms with van der Waals surface area (Å²) in [4.78, 5) is 36.0. The van der Waals surface area contributed by atoms with Crippen LogP contribution in [0.2, 0.25) is 0 Å². The number of nitrogens with one attached hydrogen (secondary N) is 1. The molecule has 10 heteroatoms. The Kier molecular flexibility index (Phi) is 9.46. The summed E-state index contributed by atoms with van der Waals surface area (Å²) in [6, 6.07) is 23.7. The van der Waals surface area contributed by atoms with Crippen molar-refractivity contribution in [2.45, 2.75) is 19.0 Å². The monoisotopic (exact) mass is 586 g/mol. The van der Waals surface area contributed by atoms with Crippen LogP contribution in [0.25, 0.3) is 0 Å². The van der Waals surface area contributed by atoms with Gasteiger partial charge in [-0.1, -0.05) is 60.7 Å². The van der Waals surface area contributed by atoms with Gasteiger partial charge in [0.15, 0.2) is 17.4 Å². The van der Waals surface area contributed by atoms with Gasteiger partial charge >= 0.3 is 5.97 Å². The Morgan fingerprint density at radius 2 is 1.44 bits per heavy atom. The van der Waals surface area contributed by atoms with Crippen LogP contribution in [0.3, 0.4) is 0 Å². The van der Waals surface area contributed by atoms with Gasteiger partial charge in [0.1, 0.15) is 6.04 Å². The number of nitrogens with zero attached hydrogens (tertiary/aromatic N) is 3. The number of hydrogen-bond acceptors (Lipinski definition) is 9. The molecule has 43 heavy (non-hydrogen) atoms. The highest BCUT2D eigenvalue weighted by atomic mass is 16.5. The van der Waals surface area contributed by atoms with E-state index in [2.05, 4.69) is 63.6 Å². The van der Waals surface area contributed by atoms with Crippen LogP contribution in [0.4, 0.5) is 0 Å². The molecule has 3 aromatic carbocycles. The lowest BCUT2D eigenvalue weighted by Crippen LogP contribution is -2.57. The molecule has 0 saturated carbocycles. The molecule has 1 fully saturated rings. The van der Waals surface area contributed by atoms with Crippen LogP contribution < -0.4 is 19.5 Å². The quantitative estimate of drug-likeness (QED) is 0.298. The van der Waals surface area contributed by atoms with Gasteiger partial charge in [0.05, 0.1) is 34.0 Å². The highest BCUT2D eigenvalue weighted by Crippen LogP contribution is 2.43. The van der Waals surface area contributed by atoms with Crippen molar-refractivity contribution in [3.05, 3.63) is 89.5 Å². The maximum Gasteiger partial charge on any atom is 0.321 e. The maximum absolute atomic E-state index is 13.5. The molecule has 1 N–H and O–H groups in total. The van der Waals surface area contributed by atoms with Crippen molar-refractivity contribution < 1.29 is 28.5 Å². The number of benzene rings is 3. The number of aliphatic imine (C=N–C) groups is 1. The number of hydrogen-bond donors (Lipinski definition) is 1. The number of carbonyl (C=O) groups excluding carboxylic acids is 2. The number of carbonyl (C=O) groups is 2. The molecular weight excluding hydrogens is 548 g/mol. The summed E-state index contributed by atoms with van der Waals surface area (Å²) in [5.41, 5.74) is 3.03. The normalized spacial score (nSPS) is 19.0. The van der Waals surface area contributed by atoms with Gasteiger partial charge in [-0.3, -0.25) is 19.8 Å². The van der Waals surface area contributed by atoms with Crippen LogP contribution in [-0.4, -0.2) is 81.8 Å². The summed E-state index contributed by atoms with van der Waals surface area (Å²) < 4.78 is 21.9. The second-order valence-corrected chi connectivity index (χ2v) is 10.3. The summed E-state index contributed by atoms with van der Waals surface area (Å²) in [5, 5.41) is 2.89. The number of amides is 1. The minimum atomic E-state index is -1.17. The fourth-order valence-electron chi connectivity index (χ4n) is 5.81. The van der Waals surface area contributed by atoms with E-state index >= 15 is 0 Å². The molecule has 2 aliphatic rings. The zero-order valence-electron chi connectivity index (χ0n) is 25.0. The Bertz CT molecular complexity index is 1380. The number of piperazine rings is 1. The summed E-state index contributed by atoms with van der Waals surface area (Å²) in [6.07, 6.45) is 0. The topological polar surface area (TPSA) is 102 Å². The van der Waals surface area contributed by atoms with Gasteiger partial charge in [0, 0.05) is 26.2 Å². The molecule has 5 rings (SSSR count). The predicted octanol–water partition coefficient (Wildman–Crippen LogP) is 3.83. The number of rotatable bonds is 9. The molecule has 0 aromatic heterocycles. The standard InChI is InChI=1S/C33H38N4O6/c1-5-43-32(39)27-28(24-20-25(40-2)30(42-4)26(21-24)41-3)34-33(35-31(27)38)37-18-16-36(17-19-37)29(22-12-8-6-9-13-22)23-14-10-7-11-15-23/h6-15,20-21,27-29H,5,16-19H2,1-4H3,(H,34,35,38)/t27-,28+/m0/s1. The molecule has 2 aliphatic heterocycles. The lowest BCUT2D eigenvalue weighted by atomic mass is 9.90. The fourth-order valence-corrected chi connectivity index (χ4v) is 5.81. The Morgan fingerprint density at radius 1 is 0.884 bits per heavy atom. The van der Waals surface area contributed by atoms with E-state index in [0.717, 1.165) is 13.1 Å². The van der Waals surface area contributed by atoms with Gasteiger partial charge in [0.25, 0.3) is 0 Å². The van der Waals surface area contributed by atoms with Crippen LogP contribution >= 0.6 is 0 Å². The maximum atomic E-state index is 13.5. The third-order valence-electron chi connectivity index (χ3n) is 7.87. The van der Waals surface area contributed by atoms with E-state index in [1.807, 2.05) is 12.1 Å². The Morgan fingerprint density at radius 3 is 1.93 bits per heavy atom. The molecule has 1 saturated heterocycles. The third kappa shape index (κ3) is 6.29.